The van der Waals surface area contributed by atoms with Crippen LogP contribution in [0.5, 0.6) is 0 Å². The van der Waals surface area contributed by atoms with Gasteiger partial charge in [0.25, 0.3) is 0 Å². The van der Waals surface area contributed by atoms with E-state index in [1.165, 1.54) is 11.3 Å². The predicted molar refractivity (Wildman–Crippen MR) is 83.5 cm³/mol. The van der Waals surface area contributed by atoms with Gasteiger partial charge in [0, 0.05) is 11.4 Å². The minimum Gasteiger partial charge on any atom is -0.481 e. The Labute approximate surface area is 133 Å². The molecular formula is C15H20ClNO3S. The molecule has 2 atom stereocenters. The molecule has 21 heavy (non-hydrogen) atoms. The smallest absolute Gasteiger partial charge is 0.307 e. The molecule has 6 heteroatoms. The zero-order valence-electron chi connectivity index (χ0n) is 12.0. The summed E-state index contributed by atoms with van der Waals surface area (Å²) in [6.45, 7) is 3.01. The Morgan fingerprint density at radius 3 is 2.52 bits per heavy atom. The van der Waals surface area contributed by atoms with Crippen LogP contribution in [-0.2, 0) is 16.1 Å². The second-order valence-electron chi connectivity index (χ2n) is 5.39. The number of carboxylic acid groups (broad SMARTS) is 1. The SMILES string of the molecule is CCN(Cc1ccc(Cl)s1)C(=O)C1CCCCC1C(=O)O. The van der Waals surface area contributed by atoms with Crippen molar-refractivity contribution < 1.29 is 14.7 Å². The van der Waals surface area contributed by atoms with E-state index < -0.39 is 11.9 Å². The third-order valence-corrected chi connectivity index (χ3v) is 5.29. The molecule has 1 fully saturated rings. The van der Waals surface area contributed by atoms with Crippen molar-refractivity contribution in [3.05, 3.63) is 21.3 Å². The normalized spacial score (nSPS) is 22.0. The Bertz CT molecular complexity index is 517. The summed E-state index contributed by atoms with van der Waals surface area (Å²) >= 11 is 7.38. The summed E-state index contributed by atoms with van der Waals surface area (Å²) in [5.74, 6) is -1.80. The highest BCUT2D eigenvalue weighted by atomic mass is 35.5. The first-order chi connectivity index (χ1) is 10.0. The zero-order valence-corrected chi connectivity index (χ0v) is 13.6. The summed E-state index contributed by atoms with van der Waals surface area (Å²) in [4.78, 5) is 26.8. The Morgan fingerprint density at radius 2 is 2.00 bits per heavy atom. The fourth-order valence-corrected chi connectivity index (χ4v) is 4.03. The van der Waals surface area contributed by atoms with Crippen LogP contribution in [0.4, 0.5) is 0 Å². The quantitative estimate of drug-likeness (QED) is 0.897. The van der Waals surface area contributed by atoms with Gasteiger partial charge in [0.15, 0.2) is 0 Å². The van der Waals surface area contributed by atoms with E-state index in [0.29, 0.717) is 30.3 Å². The summed E-state index contributed by atoms with van der Waals surface area (Å²) < 4.78 is 0.703. The first-order valence-electron chi connectivity index (χ1n) is 7.28. The second kappa shape index (κ2) is 7.27. The molecule has 0 aromatic carbocycles. The molecule has 0 radical (unpaired) electrons. The number of aliphatic carboxylic acids is 1. The lowest BCUT2D eigenvalue weighted by Crippen LogP contribution is -2.42. The minimum atomic E-state index is -0.844. The zero-order chi connectivity index (χ0) is 15.4. The molecule has 1 amide bonds. The summed E-state index contributed by atoms with van der Waals surface area (Å²) in [5.41, 5.74) is 0. The first kappa shape index (κ1) is 16.3. The maximum absolute atomic E-state index is 12.7. The van der Waals surface area contributed by atoms with E-state index in [-0.39, 0.29) is 11.8 Å². The molecule has 1 saturated carbocycles. The molecule has 1 aliphatic rings. The van der Waals surface area contributed by atoms with Gasteiger partial charge in [-0.25, -0.2) is 0 Å². The number of carboxylic acids is 1. The predicted octanol–water partition coefficient (Wildman–Crippen LogP) is 3.64. The second-order valence-corrected chi connectivity index (χ2v) is 7.19. The summed E-state index contributed by atoms with van der Waals surface area (Å²) in [5, 5.41) is 9.32. The van der Waals surface area contributed by atoms with Crippen molar-refractivity contribution in [3.63, 3.8) is 0 Å². The highest BCUT2D eigenvalue weighted by Crippen LogP contribution is 2.32. The van der Waals surface area contributed by atoms with Gasteiger partial charge < -0.3 is 10.0 Å². The third-order valence-electron chi connectivity index (χ3n) is 4.07. The monoisotopic (exact) mass is 329 g/mol. The third kappa shape index (κ3) is 3.98. The fraction of sp³-hybridized carbons (Fsp3) is 0.600. The molecule has 1 aliphatic carbocycles. The maximum atomic E-state index is 12.7. The molecule has 0 saturated heterocycles. The van der Waals surface area contributed by atoms with E-state index in [2.05, 4.69) is 0 Å². The van der Waals surface area contributed by atoms with E-state index in [1.54, 1.807) is 4.90 Å². The number of carbonyl (C=O) groups excluding carboxylic acids is 1. The lowest BCUT2D eigenvalue weighted by atomic mass is 9.78. The van der Waals surface area contributed by atoms with Gasteiger partial charge in [0.1, 0.15) is 0 Å². The number of hydrogen-bond acceptors (Lipinski definition) is 3. The van der Waals surface area contributed by atoms with Gasteiger partial charge in [-0.15, -0.1) is 11.3 Å². The lowest BCUT2D eigenvalue weighted by molar-refractivity contribution is -0.152. The average Bonchev–Trinajstić information content (AvgIpc) is 2.89. The molecule has 0 aliphatic heterocycles. The largest absolute Gasteiger partial charge is 0.481 e. The Kier molecular flexibility index (Phi) is 5.65. The van der Waals surface area contributed by atoms with Crippen LogP contribution in [0.25, 0.3) is 0 Å². The Morgan fingerprint density at radius 1 is 1.33 bits per heavy atom. The van der Waals surface area contributed by atoms with Gasteiger partial charge in [-0.3, -0.25) is 9.59 Å². The van der Waals surface area contributed by atoms with E-state index in [0.717, 1.165) is 17.7 Å². The van der Waals surface area contributed by atoms with Crippen molar-refractivity contribution >= 4 is 34.8 Å². The van der Waals surface area contributed by atoms with E-state index in [9.17, 15) is 14.7 Å². The molecule has 1 N–H and O–H groups in total. The van der Waals surface area contributed by atoms with Crippen molar-refractivity contribution in [1.29, 1.82) is 0 Å². The first-order valence-corrected chi connectivity index (χ1v) is 8.48. The van der Waals surface area contributed by atoms with Crippen LogP contribution in [0, 0.1) is 11.8 Å². The molecule has 1 heterocycles. The van der Waals surface area contributed by atoms with Crippen LogP contribution in [0.2, 0.25) is 4.34 Å². The number of hydrogen-bond donors (Lipinski definition) is 1. The van der Waals surface area contributed by atoms with Crippen LogP contribution in [0.15, 0.2) is 12.1 Å². The highest BCUT2D eigenvalue weighted by molar-refractivity contribution is 7.16. The molecule has 116 valence electrons. The van der Waals surface area contributed by atoms with Crippen molar-refractivity contribution in [3.8, 4) is 0 Å². The van der Waals surface area contributed by atoms with E-state index >= 15 is 0 Å². The summed E-state index contributed by atoms with van der Waals surface area (Å²) in [7, 11) is 0. The molecule has 2 rings (SSSR count). The maximum Gasteiger partial charge on any atom is 0.307 e. The van der Waals surface area contributed by atoms with Crippen LogP contribution in [0.3, 0.4) is 0 Å². The van der Waals surface area contributed by atoms with Gasteiger partial charge in [0.2, 0.25) is 5.91 Å². The lowest BCUT2D eigenvalue weighted by Gasteiger charge is -2.32. The number of carbonyl (C=O) groups is 2. The number of nitrogens with zero attached hydrogens (tertiary/aromatic N) is 1. The van der Waals surface area contributed by atoms with Gasteiger partial charge in [0.05, 0.1) is 22.7 Å². The molecule has 1 aromatic heterocycles. The molecular weight excluding hydrogens is 310 g/mol. The van der Waals surface area contributed by atoms with Crippen molar-refractivity contribution in [2.75, 3.05) is 6.54 Å². The average molecular weight is 330 g/mol. The molecule has 4 nitrogen and oxygen atoms in total. The summed E-state index contributed by atoms with van der Waals surface area (Å²) in [6, 6.07) is 3.74. The van der Waals surface area contributed by atoms with Crippen molar-refractivity contribution in [1.82, 2.24) is 4.90 Å². The number of halogens is 1. The number of amides is 1. The molecule has 0 bridgehead atoms. The van der Waals surface area contributed by atoms with Gasteiger partial charge in [-0.2, -0.15) is 0 Å². The fourth-order valence-electron chi connectivity index (χ4n) is 2.93. The van der Waals surface area contributed by atoms with Crippen molar-refractivity contribution in [2.24, 2.45) is 11.8 Å². The topological polar surface area (TPSA) is 57.6 Å². The van der Waals surface area contributed by atoms with Crippen LogP contribution in [-0.4, -0.2) is 28.4 Å². The van der Waals surface area contributed by atoms with E-state index in [1.807, 2.05) is 19.1 Å². The molecule has 2 unspecified atom stereocenters. The van der Waals surface area contributed by atoms with Gasteiger partial charge in [-0.05, 0) is 31.9 Å². The highest BCUT2D eigenvalue weighted by Gasteiger charge is 2.37. The number of rotatable bonds is 5. The molecule has 1 aromatic rings. The van der Waals surface area contributed by atoms with E-state index in [4.69, 9.17) is 11.6 Å². The minimum absolute atomic E-state index is 0.0332. The molecule has 0 spiro atoms. The van der Waals surface area contributed by atoms with Gasteiger partial charge in [-0.1, -0.05) is 24.4 Å². The van der Waals surface area contributed by atoms with Gasteiger partial charge >= 0.3 is 5.97 Å². The number of thiophene rings is 1. The van der Waals surface area contributed by atoms with Crippen LogP contribution < -0.4 is 0 Å². The standard InChI is InChI=1S/C15H20ClNO3S/c1-2-17(9-10-7-8-13(16)21-10)14(18)11-5-3-4-6-12(11)15(19)20/h7-8,11-12H,2-6,9H2,1H3,(H,19,20). The Balaban J connectivity index is 2.09. The Hall–Kier alpha value is -1.07. The van der Waals surface area contributed by atoms with Crippen LogP contribution >= 0.6 is 22.9 Å². The van der Waals surface area contributed by atoms with Crippen molar-refractivity contribution in [2.45, 2.75) is 39.2 Å². The summed E-state index contributed by atoms with van der Waals surface area (Å²) in [6.07, 6.45) is 3.11. The van der Waals surface area contributed by atoms with Crippen LogP contribution in [0.1, 0.15) is 37.5 Å².